The number of nitriles is 1. The van der Waals surface area contributed by atoms with Crippen molar-refractivity contribution in [2.45, 2.75) is 6.42 Å². The minimum Gasteiger partial charge on any atom is -0.272 e. The molecule has 1 aliphatic carbocycles. The van der Waals surface area contributed by atoms with Crippen molar-refractivity contribution in [3.63, 3.8) is 0 Å². The Hall–Kier alpha value is -2.50. The van der Waals surface area contributed by atoms with Crippen molar-refractivity contribution in [2.24, 2.45) is 11.8 Å². The summed E-state index contributed by atoms with van der Waals surface area (Å²) in [5.74, 6) is -1.74. The Kier molecular flexibility index (Phi) is 3.30. The number of benzene rings is 1. The molecule has 2 heterocycles. The van der Waals surface area contributed by atoms with Gasteiger partial charge in [-0.15, -0.1) is 0 Å². The fourth-order valence-corrected chi connectivity index (χ4v) is 4.04. The van der Waals surface area contributed by atoms with Gasteiger partial charge in [-0.2, -0.15) is 15.3 Å². The Bertz CT molecular complexity index is 865. The Morgan fingerprint density at radius 3 is 2.33 bits per heavy atom. The SMILES string of the molecule is N#Cc1ccc(/C=C2\SC(=S)N(N3C(=O)[C@H]4C[C@H]4C3=O)C2=O)cc1. The number of rotatable bonds is 2. The van der Waals surface area contributed by atoms with Crippen LogP contribution in [0, 0.1) is 23.2 Å². The standard InChI is InChI=1S/C16H9N3O3S2/c17-7-9-3-1-8(2-4-9)5-12-15(22)19(16(23)24-12)18-13(20)10-6-11(10)14(18)21/h1-5,10-11H,6H2/b12-5-/t10-,11+. The van der Waals surface area contributed by atoms with E-state index >= 15 is 0 Å². The first-order valence-electron chi connectivity index (χ1n) is 7.17. The maximum absolute atomic E-state index is 12.6. The molecule has 2 saturated heterocycles. The van der Waals surface area contributed by atoms with Crippen molar-refractivity contribution in [3.8, 4) is 6.07 Å². The Morgan fingerprint density at radius 2 is 1.75 bits per heavy atom. The number of thioether (sulfide) groups is 1. The van der Waals surface area contributed by atoms with Crippen LogP contribution in [-0.2, 0) is 14.4 Å². The lowest BCUT2D eigenvalue weighted by Gasteiger charge is -2.25. The molecule has 0 spiro atoms. The maximum Gasteiger partial charge on any atom is 0.285 e. The van der Waals surface area contributed by atoms with E-state index in [0.29, 0.717) is 16.9 Å². The summed E-state index contributed by atoms with van der Waals surface area (Å²) >= 11 is 6.24. The van der Waals surface area contributed by atoms with Gasteiger partial charge in [0.25, 0.3) is 17.7 Å². The molecule has 2 aliphatic heterocycles. The van der Waals surface area contributed by atoms with E-state index in [1.807, 2.05) is 6.07 Å². The van der Waals surface area contributed by atoms with E-state index in [9.17, 15) is 14.4 Å². The molecule has 2 atom stereocenters. The van der Waals surface area contributed by atoms with Gasteiger partial charge in [0.15, 0.2) is 4.32 Å². The van der Waals surface area contributed by atoms with E-state index in [1.54, 1.807) is 30.3 Å². The molecule has 3 amide bonds. The Morgan fingerprint density at radius 1 is 1.12 bits per heavy atom. The summed E-state index contributed by atoms with van der Waals surface area (Å²) in [6.07, 6.45) is 2.20. The third-order valence-corrected chi connectivity index (χ3v) is 5.44. The second kappa shape index (κ2) is 5.26. The van der Waals surface area contributed by atoms with Crippen molar-refractivity contribution >= 4 is 52.1 Å². The molecule has 0 N–H and O–H groups in total. The lowest BCUT2D eigenvalue weighted by Crippen LogP contribution is -2.50. The molecule has 8 heteroatoms. The zero-order valence-corrected chi connectivity index (χ0v) is 13.8. The fraction of sp³-hybridized carbons (Fsp3) is 0.188. The topological polar surface area (TPSA) is 81.5 Å². The quantitative estimate of drug-likeness (QED) is 0.456. The minimum absolute atomic E-state index is 0.169. The van der Waals surface area contributed by atoms with Gasteiger partial charge in [0.05, 0.1) is 28.4 Å². The van der Waals surface area contributed by atoms with Crippen LogP contribution in [0.4, 0.5) is 0 Å². The van der Waals surface area contributed by atoms with E-state index in [4.69, 9.17) is 17.5 Å². The van der Waals surface area contributed by atoms with E-state index in [2.05, 4.69) is 0 Å². The lowest BCUT2D eigenvalue weighted by atomic mass is 10.1. The Balaban J connectivity index is 1.61. The summed E-state index contributed by atoms with van der Waals surface area (Å²) in [5.41, 5.74) is 1.25. The number of carbonyl (C=O) groups is 3. The number of fused-ring (bicyclic) bond motifs is 1. The summed E-state index contributed by atoms with van der Waals surface area (Å²) in [4.78, 5) is 37.3. The molecule has 24 heavy (non-hydrogen) atoms. The first-order valence-corrected chi connectivity index (χ1v) is 8.39. The van der Waals surface area contributed by atoms with Crippen LogP contribution >= 0.6 is 24.0 Å². The molecular weight excluding hydrogens is 346 g/mol. The van der Waals surface area contributed by atoms with Gasteiger partial charge in [0.1, 0.15) is 0 Å². The molecule has 1 aromatic rings. The summed E-state index contributed by atoms with van der Waals surface area (Å²) in [6, 6.07) is 8.74. The molecule has 0 unspecified atom stereocenters. The molecule has 6 nitrogen and oxygen atoms in total. The van der Waals surface area contributed by atoms with E-state index in [-0.39, 0.29) is 28.0 Å². The van der Waals surface area contributed by atoms with Crippen LogP contribution in [0.25, 0.3) is 6.08 Å². The van der Waals surface area contributed by atoms with Crippen molar-refractivity contribution in [3.05, 3.63) is 40.3 Å². The van der Waals surface area contributed by atoms with Crippen LogP contribution in [0.2, 0.25) is 0 Å². The molecule has 0 bridgehead atoms. The van der Waals surface area contributed by atoms with Crippen LogP contribution in [-0.4, -0.2) is 32.1 Å². The lowest BCUT2D eigenvalue weighted by molar-refractivity contribution is -0.160. The van der Waals surface area contributed by atoms with Gasteiger partial charge in [0.2, 0.25) is 0 Å². The van der Waals surface area contributed by atoms with Crippen LogP contribution in [0.1, 0.15) is 17.5 Å². The number of piperidine rings is 1. The van der Waals surface area contributed by atoms with E-state index in [1.165, 1.54) is 0 Å². The number of hydrogen-bond donors (Lipinski definition) is 0. The highest BCUT2D eigenvalue weighted by molar-refractivity contribution is 8.26. The predicted molar refractivity (Wildman–Crippen MR) is 89.6 cm³/mol. The average molecular weight is 355 g/mol. The molecule has 0 radical (unpaired) electrons. The zero-order valence-electron chi connectivity index (χ0n) is 12.1. The van der Waals surface area contributed by atoms with Gasteiger partial charge in [0, 0.05) is 0 Å². The number of thiocarbonyl (C=S) groups is 1. The van der Waals surface area contributed by atoms with Crippen LogP contribution in [0.3, 0.4) is 0 Å². The van der Waals surface area contributed by atoms with E-state index < -0.39 is 5.91 Å². The molecule has 1 saturated carbocycles. The number of hydrogen-bond acceptors (Lipinski definition) is 6. The van der Waals surface area contributed by atoms with E-state index in [0.717, 1.165) is 27.3 Å². The maximum atomic E-state index is 12.6. The molecule has 1 aromatic carbocycles. The summed E-state index contributed by atoms with van der Waals surface area (Å²) in [7, 11) is 0. The van der Waals surface area contributed by atoms with Crippen LogP contribution in [0.15, 0.2) is 29.2 Å². The van der Waals surface area contributed by atoms with Crippen molar-refractivity contribution in [1.82, 2.24) is 10.0 Å². The van der Waals surface area contributed by atoms with Gasteiger partial charge in [-0.05, 0) is 42.4 Å². The first kappa shape index (κ1) is 15.1. The van der Waals surface area contributed by atoms with Crippen LogP contribution in [0.5, 0.6) is 0 Å². The highest BCUT2D eigenvalue weighted by atomic mass is 32.2. The molecule has 4 rings (SSSR count). The van der Waals surface area contributed by atoms with Crippen LogP contribution < -0.4 is 0 Å². The smallest absolute Gasteiger partial charge is 0.272 e. The van der Waals surface area contributed by atoms with Crippen molar-refractivity contribution in [1.29, 1.82) is 5.26 Å². The number of amides is 3. The van der Waals surface area contributed by atoms with Gasteiger partial charge < -0.3 is 0 Å². The minimum atomic E-state index is -0.475. The average Bonchev–Trinajstić information content (AvgIpc) is 3.28. The number of hydrazine groups is 1. The zero-order chi connectivity index (χ0) is 17.0. The Labute approximate surface area is 146 Å². The number of imide groups is 1. The second-order valence-corrected chi connectivity index (χ2v) is 7.34. The molecule has 3 fully saturated rings. The van der Waals surface area contributed by atoms with Crippen molar-refractivity contribution < 1.29 is 14.4 Å². The third-order valence-electron chi connectivity index (χ3n) is 4.15. The van der Waals surface area contributed by atoms with Gasteiger partial charge in [-0.25, -0.2) is 0 Å². The molecular formula is C16H9N3O3S2. The predicted octanol–water partition coefficient (Wildman–Crippen LogP) is 1.68. The van der Waals surface area contributed by atoms with Gasteiger partial charge in [-0.1, -0.05) is 23.9 Å². The second-order valence-electron chi connectivity index (χ2n) is 5.66. The molecule has 0 aromatic heterocycles. The fourth-order valence-electron chi connectivity index (χ4n) is 2.80. The van der Waals surface area contributed by atoms with Crippen molar-refractivity contribution in [2.75, 3.05) is 0 Å². The van der Waals surface area contributed by atoms with Gasteiger partial charge >= 0.3 is 0 Å². The third kappa shape index (κ3) is 2.17. The normalized spacial score (nSPS) is 27.0. The number of nitrogens with zero attached hydrogens (tertiary/aromatic N) is 3. The largest absolute Gasteiger partial charge is 0.285 e. The molecule has 118 valence electrons. The molecule has 3 aliphatic rings. The summed E-state index contributed by atoms with van der Waals surface area (Å²) in [5, 5.41) is 10.7. The number of carbonyl (C=O) groups excluding carboxylic acids is 3. The summed E-state index contributed by atoms with van der Waals surface area (Å²) in [6.45, 7) is 0. The highest BCUT2D eigenvalue weighted by Crippen LogP contribution is 2.49. The monoisotopic (exact) mass is 355 g/mol. The summed E-state index contributed by atoms with van der Waals surface area (Å²) < 4.78 is 0.169. The first-order chi connectivity index (χ1) is 11.5. The van der Waals surface area contributed by atoms with Gasteiger partial charge in [-0.3, -0.25) is 14.4 Å². The highest BCUT2D eigenvalue weighted by Gasteiger charge is 2.62.